The zero-order valence-corrected chi connectivity index (χ0v) is 13.8. The first-order valence-electron chi connectivity index (χ1n) is 6.96. The molecule has 0 bridgehead atoms. The van der Waals surface area contributed by atoms with Crippen LogP contribution in [0.4, 0.5) is 87.8 Å². The van der Waals surface area contributed by atoms with Crippen molar-refractivity contribution in [3.63, 3.8) is 0 Å². The van der Waals surface area contributed by atoms with E-state index in [0.717, 1.165) is 0 Å². The predicted molar refractivity (Wildman–Crippen MR) is 58.6 cm³/mol. The van der Waals surface area contributed by atoms with Crippen molar-refractivity contribution in [3.8, 4) is 0 Å². The van der Waals surface area contributed by atoms with Gasteiger partial charge in [0.05, 0.1) is 11.1 Å². The van der Waals surface area contributed by atoms with Crippen LogP contribution in [0.2, 0.25) is 0 Å². The molecule has 1 atom stereocenters. The molecule has 0 aliphatic heterocycles. The van der Waals surface area contributed by atoms with Gasteiger partial charge in [-0.15, -0.1) is 0 Å². The number of hydrogen-bond acceptors (Lipinski definition) is 0. The number of allylic oxidation sites excluding steroid dienone is 2. The lowest BCUT2D eigenvalue weighted by atomic mass is 9.69. The average Bonchev–Trinajstić information content (AvgIpc) is 2.54. The smallest absolute Gasteiger partial charge is 0.247 e. The van der Waals surface area contributed by atoms with E-state index < -0.39 is 71.4 Å². The van der Waals surface area contributed by atoms with E-state index in [-0.39, 0.29) is 0 Å². The molecule has 0 amide bonds. The first-order chi connectivity index (χ1) is 13.5. The summed E-state index contributed by atoms with van der Waals surface area (Å²) in [5, 5.41) is 0. The molecule has 0 aromatic carbocycles. The minimum Gasteiger partial charge on any atom is -0.247 e. The second kappa shape index (κ2) is 6.69. The summed E-state index contributed by atoms with van der Waals surface area (Å²) in [5.41, 5.74) is -18.9. The summed E-state index contributed by atoms with van der Waals surface area (Å²) < 4.78 is 264. The number of alkyl halides is 20. The molecule has 32 heavy (non-hydrogen) atoms. The molecule has 0 aromatic heterocycles. The largest absolute Gasteiger partial charge is 0.457 e. The molecule has 1 unspecified atom stereocenters. The van der Waals surface area contributed by atoms with E-state index in [0.29, 0.717) is 0 Å². The van der Waals surface area contributed by atoms with Crippen LogP contribution < -0.4 is 0 Å². The van der Waals surface area contributed by atoms with E-state index in [1.807, 2.05) is 0 Å². The van der Waals surface area contributed by atoms with E-state index >= 15 is 0 Å². The number of hydrogen-bond donors (Lipinski definition) is 0. The van der Waals surface area contributed by atoms with Crippen molar-refractivity contribution in [3.05, 3.63) is 11.1 Å². The highest BCUT2D eigenvalue weighted by atomic mass is 19.4. The summed E-state index contributed by atoms with van der Waals surface area (Å²) in [6.45, 7) is -4.34. The van der Waals surface area contributed by atoms with Gasteiger partial charge in [-0.25, -0.2) is 8.78 Å². The third-order valence-corrected chi connectivity index (χ3v) is 4.19. The van der Waals surface area contributed by atoms with Gasteiger partial charge in [0.25, 0.3) is 5.67 Å². The summed E-state index contributed by atoms with van der Waals surface area (Å²) in [5.74, 6) is -48.3. The molecule has 0 heterocycles. The molecular weight excluding hydrogens is 524 g/mol. The molecule has 0 nitrogen and oxygen atoms in total. The van der Waals surface area contributed by atoms with Crippen LogP contribution in [0.1, 0.15) is 0 Å². The Hall–Kier alpha value is -1.66. The van der Waals surface area contributed by atoms with Crippen LogP contribution in [-0.4, -0.2) is 60.2 Å². The van der Waals surface area contributed by atoms with Gasteiger partial charge in [0, 0.05) is 0 Å². The van der Waals surface area contributed by atoms with E-state index in [1.54, 1.807) is 0 Å². The zero-order chi connectivity index (χ0) is 26.4. The normalized spacial score (nSPS) is 27.9. The highest BCUT2D eigenvalue weighted by Gasteiger charge is 2.94. The Morgan fingerprint density at radius 2 is 0.844 bits per heavy atom. The maximum absolute atomic E-state index is 14.0. The van der Waals surface area contributed by atoms with Crippen LogP contribution >= 0.6 is 0 Å². The summed E-state index contributed by atoms with van der Waals surface area (Å²) in [6, 6.07) is 0. The molecule has 0 spiro atoms. The van der Waals surface area contributed by atoms with Crippen LogP contribution in [0.15, 0.2) is 11.1 Å². The van der Waals surface area contributed by atoms with Gasteiger partial charge in [-0.3, -0.25) is 0 Å². The van der Waals surface area contributed by atoms with Crippen molar-refractivity contribution in [2.24, 2.45) is 0 Å². The molecule has 1 aliphatic carbocycles. The van der Waals surface area contributed by atoms with Crippen LogP contribution in [0.25, 0.3) is 0 Å². The van der Waals surface area contributed by atoms with Crippen LogP contribution in [0, 0.1) is 0 Å². The number of halogens is 20. The Morgan fingerprint density at radius 1 is 0.531 bits per heavy atom. The predicted octanol–water partition coefficient (Wildman–Crippen LogP) is 6.91. The Bertz CT molecular complexity index is 749. The first kappa shape index (κ1) is 28.4. The second-order valence-electron chi connectivity index (χ2n) is 6.13. The van der Waals surface area contributed by atoms with Crippen molar-refractivity contribution < 1.29 is 87.8 Å². The second-order valence-corrected chi connectivity index (χ2v) is 6.13. The third-order valence-electron chi connectivity index (χ3n) is 4.19. The van der Waals surface area contributed by atoms with Gasteiger partial charge in [0.2, 0.25) is 0 Å². The average molecular weight is 526 g/mol. The van der Waals surface area contributed by atoms with Crippen LogP contribution in [0.5, 0.6) is 0 Å². The zero-order valence-electron chi connectivity index (χ0n) is 13.8. The molecule has 1 rings (SSSR count). The van der Waals surface area contributed by atoms with E-state index in [1.165, 1.54) is 0 Å². The fourth-order valence-corrected chi connectivity index (χ4v) is 2.47. The summed E-state index contributed by atoms with van der Waals surface area (Å²) >= 11 is 0. The van der Waals surface area contributed by atoms with E-state index in [9.17, 15) is 87.8 Å². The van der Waals surface area contributed by atoms with Gasteiger partial charge in [-0.05, 0) is 0 Å². The highest BCUT2D eigenvalue weighted by molar-refractivity contribution is 5.47. The maximum Gasteiger partial charge on any atom is 0.457 e. The van der Waals surface area contributed by atoms with Gasteiger partial charge < -0.3 is 0 Å². The summed E-state index contributed by atoms with van der Waals surface area (Å²) in [7, 11) is 0. The molecule has 1 fully saturated rings. The van der Waals surface area contributed by atoms with Gasteiger partial charge in [0.15, 0.2) is 0 Å². The van der Waals surface area contributed by atoms with Crippen LogP contribution in [-0.2, 0) is 0 Å². The fourth-order valence-electron chi connectivity index (χ4n) is 2.47. The molecule has 1 saturated carbocycles. The van der Waals surface area contributed by atoms with Crippen molar-refractivity contribution in [2.75, 3.05) is 6.67 Å². The Kier molecular flexibility index (Phi) is 5.93. The van der Waals surface area contributed by atoms with Gasteiger partial charge in [-0.2, -0.15) is 79.0 Å². The molecule has 0 aromatic rings. The molecule has 0 saturated heterocycles. The lowest BCUT2D eigenvalue weighted by Crippen LogP contribution is -2.78. The maximum atomic E-state index is 14.0. The third kappa shape index (κ3) is 3.05. The minimum absolute atomic E-state index is 4.34. The van der Waals surface area contributed by atoms with Crippen molar-refractivity contribution >= 4 is 0 Å². The molecule has 1 aliphatic rings. The van der Waals surface area contributed by atoms with E-state index in [4.69, 9.17) is 0 Å². The van der Waals surface area contributed by atoms with Gasteiger partial charge in [0.1, 0.15) is 6.67 Å². The molecule has 20 heteroatoms. The lowest BCUT2D eigenvalue weighted by Gasteiger charge is -2.50. The fraction of sp³-hybridized carbons (Fsp3) is 0.833. The molecule has 190 valence electrons. The van der Waals surface area contributed by atoms with Gasteiger partial charge in [-0.1, -0.05) is 0 Å². The first-order valence-corrected chi connectivity index (χ1v) is 6.96. The highest BCUT2D eigenvalue weighted by Crippen LogP contribution is 2.69. The summed E-state index contributed by atoms with van der Waals surface area (Å²) in [4.78, 5) is 0. The summed E-state index contributed by atoms with van der Waals surface area (Å²) in [6.07, 6.45) is -15.9. The minimum atomic E-state index is -8.24. The molecule has 0 radical (unpaired) electrons. The van der Waals surface area contributed by atoms with E-state index in [2.05, 4.69) is 0 Å². The topological polar surface area (TPSA) is 0 Å². The van der Waals surface area contributed by atoms with Gasteiger partial charge >= 0.3 is 47.9 Å². The lowest BCUT2D eigenvalue weighted by molar-refractivity contribution is -0.395. The molecule has 0 N–H and O–H groups in total. The van der Waals surface area contributed by atoms with Crippen molar-refractivity contribution in [1.29, 1.82) is 0 Å². The van der Waals surface area contributed by atoms with Crippen molar-refractivity contribution in [1.82, 2.24) is 0 Å². The Balaban J connectivity index is 4.56. The Labute approximate surface area is 160 Å². The van der Waals surface area contributed by atoms with Crippen LogP contribution in [0.3, 0.4) is 0 Å². The monoisotopic (exact) mass is 526 g/mol. The standard InChI is InChI=1S/C12H2F20/c13-1-4(14)5(15,16)2(6(17,18)10(25,26)9(4,23)24)3(7(19,20)11(27,28)29)8(21,22)12(30,31)32/h1H2. The number of rotatable bonds is 3. The Morgan fingerprint density at radius 3 is 1.09 bits per heavy atom. The van der Waals surface area contributed by atoms with Crippen molar-refractivity contribution in [2.45, 2.75) is 53.6 Å². The SMILES string of the molecule is FCC1(F)C(F)(F)C(=C(C(F)(F)C(F)(F)F)C(F)(F)C(F)(F)F)C(F)(F)C(F)(F)C1(F)F. The quantitative estimate of drug-likeness (QED) is 0.277. The molecular formula is C12H2F20.